The first-order valence-corrected chi connectivity index (χ1v) is 7.35. The van der Waals surface area contributed by atoms with Gasteiger partial charge in [0.15, 0.2) is 5.79 Å². The van der Waals surface area contributed by atoms with Gasteiger partial charge >= 0.3 is 6.03 Å². The molecule has 112 valence electrons. The molecule has 5 heteroatoms. The molecule has 2 N–H and O–H groups in total. The Kier molecular flexibility index (Phi) is 7.16. The molecule has 19 heavy (non-hydrogen) atoms. The Morgan fingerprint density at radius 3 is 2.58 bits per heavy atom. The number of hydrogen-bond donors (Lipinski definition) is 2. The monoisotopic (exact) mass is 272 g/mol. The van der Waals surface area contributed by atoms with Crippen LogP contribution in [-0.2, 0) is 9.47 Å². The molecule has 1 rings (SSSR count). The second kappa shape index (κ2) is 8.38. The van der Waals surface area contributed by atoms with Crippen LogP contribution in [0.25, 0.3) is 0 Å². The maximum Gasteiger partial charge on any atom is 0.314 e. The summed E-state index contributed by atoms with van der Waals surface area (Å²) >= 11 is 0. The van der Waals surface area contributed by atoms with Crippen molar-refractivity contribution >= 4 is 6.03 Å². The zero-order chi connectivity index (χ0) is 14.1. The molecule has 1 heterocycles. The molecule has 1 aliphatic rings. The minimum Gasteiger partial charge on any atom is -0.348 e. The summed E-state index contributed by atoms with van der Waals surface area (Å²) in [5.74, 6) is -0.150. The maximum absolute atomic E-state index is 11.5. The van der Waals surface area contributed by atoms with E-state index in [2.05, 4.69) is 24.5 Å². The van der Waals surface area contributed by atoms with Crippen molar-refractivity contribution in [1.29, 1.82) is 0 Å². The molecule has 0 spiro atoms. The summed E-state index contributed by atoms with van der Waals surface area (Å²) in [5, 5.41) is 5.75. The first kappa shape index (κ1) is 16.2. The number of unbranched alkanes of at least 4 members (excludes halogenated alkanes) is 2. The summed E-state index contributed by atoms with van der Waals surface area (Å²) in [5.41, 5.74) is 0. The van der Waals surface area contributed by atoms with Crippen LogP contribution in [0.4, 0.5) is 4.79 Å². The Morgan fingerprint density at radius 1 is 1.26 bits per heavy atom. The molecule has 5 nitrogen and oxygen atoms in total. The largest absolute Gasteiger partial charge is 0.348 e. The van der Waals surface area contributed by atoms with Crippen LogP contribution >= 0.6 is 0 Å². The third-order valence-electron chi connectivity index (χ3n) is 3.29. The van der Waals surface area contributed by atoms with Crippen molar-refractivity contribution < 1.29 is 14.3 Å². The number of hydrogen-bond acceptors (Lipinski definition) is 3. The van der Waals surface area contributed by atoms with Crippen molar-refractivity contribution in [2.75, 3.05) is 26.3 Å². The Labute approximate surface area is 116 Å². The second-order valence-electron chi connectivity index (χ2n) is 5.48. The molecule has 0 radical (unpaired) electrons. The fraction of sp³-hybridized carbons (Fsp3) is 0.929. The minimum atomic E-state index is -0.474. The number of carbonyl (C=O) groups is 1. The highest BCUT2D eigenvalue weighted by Gasteiger charge is 2.32. The fourth-order valence-corrected chi connectivity index (χ4v) is 2.29. The molecule has 1 aliphatic heterocycles. The van der Waals surface area contributed by atoms with Crippen LogP contribution in [0.15, 0.2) is 0 Å². The summed E-state index contributed by atoms with van der Waals surface area (Å²) in [6.07, 6.45) is 4.16. The summed E-state index contributed by atoms with van der Waals surface area (Å²) in [6, 6.07) is -0.0821. The lowest BCUT2D eigenvalue weighted by molar-refractivity contribution is -0.153. The van der Waals surface area contributed by atoms with Gasteiger partial charge in [0.05, 0.1) is 13.2 Å². The molecule has 0 saturated carbocycles. The number of rotatable bonds is 8. The maximum atomic E-state index is 11.5. The van der Waals surface area contributed by atoms with Gasteiger partial charge in [-0.2, -0.15) is 0 Å². The van der Waals surface area contributed by atoms with Crippen molar-refractivity contribution in [3.63, 3.8) is 0 Å². The molecule has 1 unspecified atom stereocenters. The predicted octanol–water partition coefficient (Wildman–Crippen LogP) is 2.27. The van der Waals surface area contributed by atoms with Crippen molar-refractivity contribution in [3.05, 3.63) is 0 Å². The van der Waals surface area contributed by atoms with Crippen molar-refractivity contribution in [2.45, 2.75) is 52.2 Å². The number of ether oxygens (including phenoxy) is 2. The molecule has 0 aromatic rings. The van der Waals surface area contributed by atoms with Crippen LogP contribution in [0, 0.1) is 5.92 Å². The fourth-order valence-electron chi connectivity index (χ4n) is 2.29. The van der Waals surface area contributed by atoms with Crippen LogP contribution in [-0.4, -0.2) is 38.1 Å². The van der Waals surface area contributed by atoms with Gasteiger partial charge in [-0.1, -0.05) is 26.7 Å². The highest BCUT2D eigenvalue weighted by molar-refractivity contribution is 5.73. The van der Waals surface area contributed by atoms with Gasteiger partial charge in [-0.3, -0.25) is 0 Å². The summed E-state index contributed by atoms with van der Waals surface area (Å²) < 4.78 is 11.1. The number of carbonyl (C=O) groups excluding carboxylic acids is 1. The van der Waals surface area contributed by atoms with Crippen molar-refractivity contribution in [3.8, 4) is 0 Å². The lowest BCUT2D eigenvalue weighted by Crippen LogP contribution is -2.40. The molecule has 2 amide bonds. The highest BCUT2D eigenvalue weighted by Crippen LogP contribution is 2.26. The summed E-state index contributed by atoms with van der Waals surface area (Å²) in [6.45, 7) is 8.91. The number of nitrogens with one attached hydrogen (secondary N) is 2. The smallest absolute Gasteiger partial charge is 0.314 e. The number of amides is 2. The summed E-state index contributed by atoms with van der Waals surface area (Å²) in [4.78, 5) is 11.5. The Bertz CT molecular complexity index is 265. The predicted molar refractivity (Wildman–Crippen MR) is 75.0 cm³/mol. The van der Waals surface area contributed by atoms with E-state index < -0.39 is 5.79 Å². The SMILES string of the molecule is CCCCCNC(=O)NCC(C)CC1(C)OCCO1. The standard InChI is InChI=1S/C14H28N2O3/c1-4-5-6-7-15-13(17)16-11-12(2)10-14(3)18-8-9-19-14/h12H,4-11H2,1-3H3,(H2,15,16,17). The van der Waals surface area contributed by atoms with E-state index in [1.54, 1.807) is 0 Å². The van der Waals surface area contributed by atoms with E-state index >= 15 is 0 Å². The van der Waals surface area contributed by atoms with Crippen molar-refractivity contribution in [1.82, 2.24) is 10.6 Å². The Morgan fingerprint density at radius 2 is 1.95 bits per heavy atom. The molecule has 1 atom stereocenters. The van der Waals surface area contributed by atoms with E-state index in [-0.39, 0.29) is 6.03 Å². The van der Waals surface area contributed by atoms with Gasteiger partial charge in [0.25, 0.3) is 0 Å². The van der Waals surface area contributed by atoms with Crippen LogP contribution in [0.5, 0.6) is 0 Å². The quantitative estimate of drug-likeness (QED) is 0.666. The van der Waals surface area contributed by atoms with Gasteiger partial charge in [0.1, 0.15) is 0 Å². The van der Waals surface area contributed by atoms with Gasteiger partial charge in [-0.25, -0.2) is 4.79 Å². The van der Waals surface area contributed by atoms with E-state index in [9.17, 15) is 4.79 Å². The van der Waals surface area contributed by atoms with E-state index in [0.717, 1.165) is 25.8 Å². The molecule has 0 bridgehead atoms. The van der Waals surface area contributed by atoms with Gasteiger partial charge in [0, 0.05) is 19.5 Å². The normalized spacial score (nSPS) is 19.1. The molecular weight excluding hydrogens is 244 g/mol. The average Bonchev–Trinajstić information content (AvgIpc) is 2.78. The van der Waals surface area contributed by atoms with Crippen LogP contribution in [0.3, 0.4) is 0 Å². The number of urea groups is 1. The molecular formula is C14H28N2O3. The van der Waals surface area contributed by atoms with E-state index in [1.165, 1.54) is 6.42 Å². The highest BCUT2D eigenvalue weighted by atomic mass is 16.7. The first-order chi connectivity index (χ1) is 9.06. The van der Waals surface area contributed by atoms with Gasteiger partial charge in [-0.15, -0.1) is 0 Å². The van der Waals surface area contributed by atoms with E-state index in [4.69, 9.17) is 9.47 Å². The minimum absolute atomic E-state index is 0.0821. The summed E-state index contributed by atoms with van der Waals surface area (Å²) in [7, 11) is 0. The molecule has 0 aromatic carbocycles. The molecule has 0 aromatic heterocycles. The lowest BCUT2D eigenvalue weighted by atomic mass is 10.0. The molecule has 1 saturated heterocycles. The zero-order valence-corrected chi connectivity index (χ0v) is 12.5. The van der Waals surface area contributed by atoms with E-state index in [0.29, 0.717) is 25.7 Å². The topological polar surface area (TPSA) is 59.6 Å². The van der Waals surface area contributed by atoms with Gasteiger partial charge in [0.2, 0.25) is 0 Å². The van der Waals surface area contributed by atoms with Gasteiger partial charge in [-0.05, 0) is 19.3 Å². The Balaban J connectivity index is 2.08. The van der Waals surface area contributed by atoms with Crippen LogP contribution < -0.4 is 10.6 Å². The average molecular weight is 272 g/mol. The lowest BCUT2D eigenvalue weighted by Gasteiger charge is -2.26. The van der Waals surface area contributed by atoms with E-state index in [1.807, 2.05) is 6.92 Å². The van der Waals surface area contributed by atoms with Crippen molar-refractivity contribution in [2.24, 2.45) is 5.92 Å². The second-order valence-corrected chi connectivity index (χ2v) is 5.48. The molecule has 1 fully saturated rings. The zero-order valence-electron chi connectivity index (χ0n) is 12.5. The third kappa shape index (κ3) is 6.78. The van der Waals surface area contributed by atoms with Crippen LogP contribution in [0.2, 0.25) is 0 Å². The third-order valence-corrected chi connectivity index (χ3v) is 3.29. The van der Waals surface area contributed by atoms with Gasteiger partial charge < -0.3 is 20.1 Å². The molecule has 0 aliphatic carbocycles. The van der Waals surface area contributed by atoms with Crippen LogP contribution in [0.1, 0.15) is 46.5 Å². The first-order valence-electron chi connectivity index (χ1n) is 7.35. The Hall–Kier alpha value is -0.810.